The molecule has 130 valence electrons. The lowest BCUT2D eigenvalue weighted by molar-refractivity contribution is 0.298. The van der Waals surface area contributed by atoms with Gasteiger partial charge in [0.15, 0.2) is 11.5 Å². The van der Waals surface area contributed by atoms with Crippen molar-refractivity contribution < 1.29 is 18.9 Å². The average molecular weight is 353 g/mol. The summed E-state index contributed by atoms with van der Waals surface area (Å²) in [5.41, 5.74) is 6.96. The van der Waals surface area contributed by atoms with Gasteiger partial charge in [0.2, 0.25) is 5.75 Å². The largest absolute Gasteiger partial charge is 0.493 e. The summed E-state index contributed by atoms with van der Waals surface area (Å²) >= 11 is 0. The lowest BCUT2D eigenvalue weighted by Crippen LogP contribution is -2.10. The van der Waals surface area contributed by atoms with E-state index in [1.807, 2.05) is 12.1 Å². The third-order valence-corrected chi connectivity index (χ3v) is 3.30. The zero-order valence-corrected chi connectivity index (χ0v) is 14.6. The van der Waals surface area contributed by atoms with Crippen LogP contribution in [0.25, 0.3) is 0 Å². The molecule has 0 fully saturated rings. The van der Waals surface area contributed by atoms with E-state index >= 15 is 0 Å². The molecular formula is C17H21ClN2O4. The van der Waals surface area contributed by atoms with Crippen LogP contribution in [-0.2, 0) is 6.61 Å². The number of rotatable bonds is 7. The maximum atomic E-state index is 7.37. The number of halogens is 1. The summed E-state index contributed by atoms with van der Waals surface area (Å²) in [6.07, 6.45) is 0. The van der Waals surface area contributed by atoms with E-state index in [4.69, 9.17) is 30.1 Å². The van der Waals surface area contributed by atoms with Crippen molar-refractivity contribution in [3.8, 4) is 23.0 Å². The van der Waals surface area contributed by atoms with Crippen LogP contribution in [0.1, 0.15) is 11.1 Å². The van der Waals surface area contributed by atoms with Crippen molar-refractivity contribution in [1.82, 2.24) is 0 Å². The Hall–Kier alpha value is -2.60. The second-order valence-electron chi connectivity index (χ2n) is 4.76. The summed E-state index contributed by atoms with van der Waals surface area (Å²) in [6.45, 7) is 0.343. The third kappa shape index (κ3) is 4.45. The van der Waals surface area contributed by atoms with Gasteiger partial charge in [-0.25, -0.2) is 0 Å². The summed E-state index contributed by atoms with van der Waals surface area (Å²) in [4.78, 5) is 0. The molecule has 0 amide bonds. The van der Waals surface area contributed by atoms with Crippen molar-refractivity contribution in [2.24, 2.45) is 5.73 Å². The van der Waals surface area contributed by atoms with Crippen molar-refractivity contribution in [2.75, 3.05) is 21.3 Å². The second-order valence-corrected chi connectivity index (χ2v) is 4.76. The standard InChI is InChI=1S/C17H20N2O4.ClH/c1-20-14-8-11(9-15(21-2)16(14)22-3)10-23-13-6-4-12(5-7-13)17(18)19;/h4-9H,10H2,1-3H3,(H3,18,19);1H. The first-order valence-electron chi connectivity index (χ1n) is 6.95. The van der Waals surface area contributed by atoms with Gasteiger partial charge in [-0.2, -0.15) is 0 Å². The van der Waals surface area contributed by atoms with Crippen LogP contribution in [0.2, 0.25) is 0 Å². The fourth-order valence-electron chi connectivity index (χ4n) is 2.12. The Morgan fingerprint density at radius 3 is 1.92 bits per heavy atom. The van der Waals surface area contributed by atoms with Crippen molar-refractivity contribution in [3.63, 3.8) is 0 Å². The fraction of sp³-hybridized carbons (Fsp3) is 0.235. The van der Waals surface area contributed by atoms with Crippen LogP contribution >= 0.6 is 12.4 Å². The van der Waals surface area contributed by atoms with E-state index < -0.39 is 0 Å². The Morgan fingerprint density at radius 2 is 1.50 bits per heavy atom. The van der Waals surface area contributed by atoms with Crippen molar-refractivity contribution in [1.29, 1.82) is 5.41 Å². The number of hydrogen-bond acceptors (Lipinski definition) is 5. The van der Waals surface area contributed by atoms with Crippen LogP contribution < -0.4 is 24.7 Å². The number of methoxy groups -OCH3 is 3. The van der Waals surface area contributed by atoms with Crippen molar-refractivity contribution in [2.45, 2.75) is 6.61 Å². The molecule has 0 saturated carbocycles. The van der Waals surface area contributed by atoms with E-state index in [1.165, 1.54) is 0 Å². The van der Waals surface area contributed by atoms with Gasteiger partial charge in [0.05, 0.1) is 21.3 Å². The van der Waals surface area contributed by atoms with Gasteiger partial charge in [-0.05, 0) is 42.0 Å². The van der Waals surface area contributed by atoms with Gasteiger partial charge < -0.3 is 24.7 Å². The molecule has 2 rings (SSSR count). The quantitative estimate of drug-likeness (QED) is 0.591. The van der Waals surface area contributed by atoms with Crippen LogP contribution in [0, 0.1) is 5.41 Å². The maximum absolute atomic E-state index is 7.37. The van der Waals surface area contributed by atoms with Crippen molar-refractivity contribution in [3.05, 3.63) is 47.5 Å². The maximum Gasteiger partial charge on any atom is 0.203 e. The molecule has 0 radical (unpaired) electrons. The SMILES string of the molecule is COc1cc(COc2ccc(C(=N)N)cc2)cc(OC)c1OC.Cl. The monoisotopic (exact) mass is 352 g/mol. The highest BCUT2D eigenvalue weighted by molar-refractivity contribution is 5.94. The highest BCUT2D eigenvalue weighted by Gasteiger charge is 2.13. The molecule has 0 spiro atoms. The highest BCUT2D eigenvalue weighted by atomic mass is 35.5. The lowest BCUT2D eigenvalue weighted by atomic mass is 10.2. The van der Waals surface area contributed by atoms with Crippen LogP contribution in [0.3, 0.4) is 0 Å². The Kier molecular flexibility index (Phi) is 7.20. The molecule has 0 bridgehead atoms. The van der Waals surface area contributed by atoms with Crippen LogP contribution in [-0.4, -0.2) is 27.2 Å². The summed E-state index contributed by atoms with van der Waals surface area (Å²) in [7, 11) is 4.71. The zero-order chi connectivity index (χ0) is 16.8. The molecule has 2 aromatic carbocycles. The molecule has 0 aliphatic carbocycles. The second kappa shape index (κ2) is 8.88. The summed E-state index contributed by atoms with van der Waals surface area (Å²) < 4.78 is 21.7. The first kappa shape index (κ1) is 19.4. The Labute approximate surface area is 147 Å². The van der Waals surface area contributed by atoms with E-state index in [9.17, 15) is 0 Å². The van der Waals surface area contributed by atoms with Gasteiger partial charge >= 0.3 is 0 Å². The summed E-state index contributed by atoms with van der Waals surface area (Å²) in [5, 5.41) is 7.37. The van der Waals surface area contributed by atoms with Crippen LogP contribution in [0.5, 0.6) is 23.0 Å². The van der Waals surface area contributed by atoms with E-state index in [1.54, 1.807) is 45.6 Å². The molecule has 0 heterocycles. The highest BCUT2D eigenvalue weighted by Crippen LogP contribution is 2.38. The number of nitrogens with two attached hydrogens (primary N) is 1. The predicted molar refractivity (Wildman–Crippen MR) is 95.1 cm³/mol. The number of amidine groups is 1. The molecule has 24 heavy (non-hydrogen) atoms. The van der Waals surface area contributed by atoms with Gasteiger partial charge in [0, 0.05) is 5.56 Å². The molecule has 3 N–H and O–H groups in total. The van der Waals surface area contributed by atoms with Gasteiger partial charge in [0.1, 0.15) is 18.2 Å². The first-order valence-corrected chi connectivity index (χ1v) is 6.95. The molecule has 0 aliphatic rings. The van der Waals surface area contributed by atoms with E-state index in [0.29, 0.717) is 35.2 Å². The van der Waals surface area contributed by atoms with Gasteiger partial charge in [-0.1, -0.05) is 0 Å². The number of nitrogen functional groups attached to an aromatic ring is 1. The molecule has 0 aromatic heterocycles. The Bertz CT molecular complexity index is 664. The smallest absolute Gasteiger partial charge is 0.203 e. The van der Waals surface area contributed by atoms with E-state index in [0.717, 1.165) is 5.56 Å². The number of ether oxygens (including phenoxy) is 4. The molecule has 0 unspecified atom stereocenters. The average Bonchev–Trinajstić information content (AvgIpc) is 2.59. The van der Waals surface area contributed by atoms with E-state index in [-0.39, 0.29) is 18.2 Å². The number of benzene rings is 2. The molecular weight excluding hydrogens is 332 g/mol. The molecule has 0 aliphatic heterocycles. The molecule has 7 heteroatoms. The summed E-state index contributed by atoms with van der Waals surface area (Å²) in [5.74, 6) is 2.42. The Balaban J connectivity index is 0.00000288. The number of nitrogens with one attached hydrogen (secondary N) is 1. The minimum atomic E-state index is 0. The Morgan fingerprint density at radius 1 is 0.958 bits per heavy atom. The molecule has 0 saturated heterocycles. The predicted octanol–water partition coefficient (Wildman–Crippen LogP) is 3.00. The molecule has 0 atom stereocenters. The van der Waals surface area contributed by atoms with Crippen molar-refractivity contribution >= 4 is 18.2 Å². The fourth-order valence-corrected chi connectivity index (χ4v) is 2.12. The zero-order valence-electron chi connectivity index (χ0n) is 13.8. The minimum Gasteiger partial charge on any atom is -0.493 e. The third-order valence-electron chi connectivity index (χ3n) is 3.30. The number of hydrogen-bond donors (Lipinski definition) is 2. The normalized spacial score (nSPS) is 9.62. The molecule has 6 nitrogen and oxygen atoms in total. The molecule has 2 aromatic rings. The van der Waals surface area contributed by atoms with Gasteiger partial charge in [-0.3, -0.25) is 5.41 Å². The van der Waals surface area contributed by atoms with Gasteiger partial charge in [0.25, 0.3) is 0 Å². The summed E-state index contributed by atoms with van der Waals surface area (Å²) in [6, 6.07) is 10.7. The minimum absolute atomic E-state index is 0. The van der Waals surface area contributed by atoms with Crippen LogP contribution in [0.4, 0.5) is 0 Å². The topological polar surface area (TPSA) is 86.8 Å². The van der Waals surface area contributed by atoms with Gasteiger partial charge in [-0.15, -0.1) is 12.4 Å². The lowest BCUT2D eigenvalue weighted by Gasteiger charge is -2.14. The van der Waals surface area contributed by atoms with E-state index in [2.05, 4.69) is 0 Å². The van der Waals surface area contributed by atoms with Crippen LogP contribution in [0.15, 0.2) is 36.4 Å². The first-order chi connectivity index (χ1) is 11.1.